The van der Waals surface area contributed by atoms with Crippen molar-refractivity contribution in [1.82, 2.24) is 19.5 Å². The van der Waals surface area contributed by atoms with Gasteiger partial charge in [0, 0.05) is 48.5 Å². The van der Waals surface area contributed by atoms with E-state index in [1.165, 1.54) is 12.1 Å². The molecule has 2 aliphatic rings. The Balaban J connectivity index is 1.48. The van der Waals surface area contributed by atoms with Crippen molar-refractivity contribution in [2.45, 2.75) is 44.4 Å². The summed E-state index contributed by atoms with van der Waals surface area (Å²) in [5.41, 5.74) is 8.71. The van der Waals surface area contributed by atoms with Gasteiger partial charge in [-0.3, -0.25) is 14.1 Å². The Kier molecular flexibility index (Phi) is 6.88. The molecule has 5 rings (SSSR count). The number of carbonyl (C=O) groups excluding carboxylic acids is 1. The predicted octanol–water partition coefficient (Wildman–Crippen LogP) is 2.12. The summed E-state index contributed by atoms with van der Waals surface area (Å²) in [6.45, 7) is 3.40. The van der Waals surface area contributed by atoms with E-state index in [2.05, 4.69) is 4.72 Å². The quantitative estimate of drug-likeness (QED) is 0.364. The van der Waals surface area contributed by atoms with Crippen LogP contribution in [0.2, 0.25) is 5.02 Å². The zero-order chi connectivity index (χ0) is 25.6. The first kappa shape index (κ1) is 24.9. The number of nitrogens with zero attached hydrogens (tertiary/aromatic N) is 5. The maximum absolute atomic E-state index is 13.7. The van der Waals surface area contributed by atoms with E-state index in [9.17, 15) is 18.7 Å². The molecule has 13 heteroatoms. The Bertz CT molecular complexity index is 1330. The van der Waals surface area contributed by atoms with Gasteiger partial charge in [-0.25, -0.2) is 13.7 Å². The first-order chi connectivity index (χ1) is 17.2. The van der Waals surface area contributed by atoms with Crippen LogP contribution in [0.5, 0.6) is 0 Å². The van der Waals surface area contributed by atoms with Crippen LogP contribution in [0, 0.1) is 6.92 Å². The summed E-state index contributed by atoms with van der Waals surface area (Å²) in [6, 6.07) is 5.85. The van der Waals surface area contributed by atoms with Gasteiger partial charge in [-0.1, -0.05) is 11.6 Å². The molecule has 36 heavy (non-hydrogen) atoms. The molecule has 1 aromatic carbocycles. The molecule has 3 aromatic rings. The molecule has 11 nitrogen and oxygen atoms in total. The molecule has 0 radical (unpaired) electrons. The predicted molar refractivity (Wildman–Crippen MR) is 137 cm³/mol. The molecule has 2 fully saturated rings. The number of hydrogen-bond donors (Lipinski definition) is 4. The topological polar surface area (TPSA) is 149 Å². The molecule has 2 aromatic heterocycles. The van der Waals surface area contributed by atoms with Crippen molar-refractivity contribution in [1.29, 1.82) is 0 Å². The number of fused-ring (bicyclic) bond motifs is 1. The van der Waals surface area contributed by atoms with Gasteiger partial charge in [-0.05, 0) is 44.4 Å². The van der Waals surface area contributed by atoms with Crippen molar-refractivity contribution in [3.63, 3.8) is 0 Å². The number of benzene rings is 1. The summed E-state index contributed by atoms with van der Waals surface area (Å²) in [6.07, 6.45) is 3.79. The van der Waals surface area contributed by atoms with Crippen molar-refractivity contribution < 1.29 is 18.7 Å². The highest BCUT2D eigenvalue weighted by Crippen LogP contribution is 2.34. The monoisotopic (exact) mass is 533 g/mol. The highest BCUT2D eigenvalue weighted by molar-refractivity contribution is 7.80. The third-order valence-corrected chi connectivity index (χ3v) is 7.40. The number of anilines is 2. The normalized spacial score (nSPS) is 23.3. The number of piperidine rings is 1. The molecule has 0 spiro atoms. The van der Waals surface area contributed by atoms with E-state index in [0.717, 1.165) is 30.6 Å². The summed E-state index contributed by atoms with van der Waals surface area (Å²) in [4.78, 5) is 22.2. The minimum Gasteiger partial charge on any atom is -0.390 e. The van der Waals surface area contributed by atoms with Crippen molar-refractivity contribution >= 4 is 45.9 Å². The number of amides is 1. The highest BCUT2D eigenvalue weighted by atomic mass is 35.5. The number of nitrogens with one attached hydrogen (secondary N) is 1. The molecule has 4 atom stereocenters. The van der Waals surface area contributed by atoms with Crippen molar-refractivity contribution in [2.75, 3.05) is 29.3 Å². The van der Waals surface area contributed by atoms with Crippen LogP contribution >= 0.6 is 11.6 Å². The Morgan fingerprint density at radius 2 is 2.08 bits per heavy atom. The second-order valence-corrected chi connectivity index (χ2v) is 10.4. The van der Waals surface area contributed by atoms with Crippen molar-refractivity contribution in [2.24, 2.45) is 5.73 Å². The number of halogens is 1. The van der Waals surface area contributed by atoms with E-state index in [4.69, 9.17) is 27.4 Å². The molecule has 5 N–H and O–H groups in total. The fourth-order valence-corrected chi connectivity index (χ4v) is 5.54. The zero-order valence-corrected chi connectivity index (χ0v) is 21.2. The Hall–Kier alpha value is -2.77. The van der Waals surface area contributed by atoms with Crippen LogP contribution in [0.15, 0.2) is 30.5 Å². The number of aliphatic hydroxyl groups excluding tert-OH is 1. The van der Waals surface area contributed by atoms with Gasteiger partial charge >= 0.3 is 0 Å². The summed E-state index contributed by atoms with van der Waals surface area (Å²) >= 11 is 3.82. The number of aromatic nitrogens is 3. The van der Waals surface area contributed by atoms with E-state index in [0.29, 0.717) is 36.0 Å². The number of β-amino-alcohol motifs (C(OH)–C–C–N with tert-alkyl or cyclic N) is 1. The maximum Gasteiger partial charge on any atom is 0.259 e. The minimum absolute atomic E-state index is 0.223. The summed E-state index contributed by atoms with van der Waals surface area (Å²) in [5.74, 6) is 0.459. The van der Waals surface area contributed by atoms with Gasteiger partial charge in [0.1, 0.15) is 5.82 Å². The van der Waals surface area contributed by atoms with Gasteiger partial charge in [-0.2, -0.15) is 5.10 Å². The number of hydrogen-bond acceptors (Lipinski definition) is 7. The highest BCUT2D eigenvalue weighted by Gasteiger charge is 2.33. The third kappa shape index (κ3) is 4.78. The fraction of sp³-hybridized carbons (Fsp3) is 0.435. The van der Waals surface area contributed by atoms with Gasteiger partial charge in [0.15, 0.2) is 5.65 Å². The molecular formula is C23H28ClN7O4S. The molecule has 4 heterocycles. The average Bonchev–Trinajstić information content (AvgIpc) is 3.41. The van der Waals surface area contributed by atoms with Crippen LogP contribution in [-0.4, -0.2) is 71.1 Å². The molecule has 1 amide bonds. The lowest BCUT2D eigenvalue weighted by atomic mass is 9.98. The first-order valence-electron chi connectivity index (χ1n) is 11.7. The van der Waals surface area contributed by atoms with E-state index in [1.807, 2.05) is 24.1 Å². The largest absolute Gasteiger partial charge is 0.390 e. The lowest BCUT2D eigenvalue weighted by Gasteiger charge is -2.35. The van der Waals surface area contributed by atoms with Crippen LogP contribution < -0.4 is 15.4 Å². The van der Waals surface area contributed by atoms with Gasteiger partial charge in [0.05, 0.1) is 29.1 Å². The second-order valence-electron chi connectivity index (χ2n) is 9.31. The number of rotatable bonds is 5. The molecular weight excluding hydrogens is 506 g/mol. The number of nitrogens with two attached hydrogens (primary N) is 1. The number of aryl methyl sites for hydroxylation is 1. The fourth-order valence-electron chi connectivity index (χ4n) is 5.00. The van der Waals surface area contributed by atoms with Crippen molar-refractivity contribution in [3.8, 4) is 0 Å². The molecule has 1 unspecified atom stereocenters. The molecule has 192 valence electrons. The molecule has 0 bridgehead atoms. The maximum atomic E-state index is 13.7. The summed E-state index contributed by atoms with van der Waals surface area (Å²) < 4.78 is 24.8. The minimum atomic E-state index is -2.34. The lowest BCUT2D eigenvalue weighted by molar-refractivity contribution is 0.0607. The van der Waals surface area contributed by atoms with Crippen LogP contribution in [0.1, 0.15) is 46.9 Å². The van der Waals surface area contributed by atoms with Crippen molar-refractivity contribution in [3.05, 3.63) is 52.3 Å². The van der Waals surface area contributed by atoms with E-state index in [-0.39, 0.29) is 29.2 Å². The van der Waals surface area contributed by atoms with Gasteiger partial charge in [0.2, 0.25) is 0 Å². The Labute approximate surface area is 215 Å². The van der Waals surface area contributed by atoms with E-state index < -0.39 is 17.4 Å². The smallest absolute Gasteiger partial charge is 0.259 e. The van der Waals surface area contributed by atoms with Crippen LogP contribution in [0.3, 0.4) is 0 Å². The first-order valence-corrected chi connectivity index (χ1v) is 13.2. The van der Waals surface area contributed by atoms with Gasteiger partial charge in [-0.15, -0.1) is 0 Å². The SMILES string of the molecule is Cc1cn2nc([C@@H]3CCCCN3C(=O)c3cc(Cl)ccc3NS(=O)O)cc2nc1N1C[C@@H](N)[C@H](O)C1. The van der Waals surface area contributed by atoms with E-state index >= 15 is 0 Å². The summed E-state index contributed by atoms with van der Waals surface area (Å²) in [7, 11) is 0. The van der Waals surface area contributed by atoms with E-state index in [1.54, 1.807) is 15.5 Å². The molecule has 0 aliphatic carbocycles. The zero-order valence-electron chi connectivity index (χ0n) is 19.7. The Morgan fingerprint density at radius 3 is 2.81 bits per heavy atom. The number of likely N-dealkylation sites (tertiary alicyclic amines) is 1. The van der Waals surface area contributed by atoms with Crippen LogP contribution in [-0.2, 0) is 11.3 Å². The molecule has 2 saturated heterocycles. The average molecular weight is 534 g/mol. The third-order valence-electron chi connectivity index (χ3n) is 6.77. The molecule has 2 aliphatic heterocycles. The standard InChI is InChI=1S/C23H28ClN7O4S/c1-13-10-31-21(26-22(13)29-11-16(25)20(32)12-29)9-18(27-31)19-4-2-3-7-30(19)23(33)15-8-14(24)5-6-17(15)28-36(34)35/h5-6,8-10,16,19-20,28,32H,2-4,7,11-12,25H2,1H3,(H,34,35)/t16-,19+,20-/m1/s1. The molecule has 0 saturated carbocycles. The van der Waals surface area contributed by atoms with Crippen LogP contribution in [0.4, 0.5) is 11.5 Å². The number of carbonyl (C=O) groups is 1. The number of aliphatic hydroxyl groups is 1. The Morgan fingerprint density at radius 1 is 1.28 bits per heavy atom. The lowest BCUT2D eigenvalue weighted by Crippen LogP contribution is -2.39. The van der Waals surface area contributed by atoms with Crippen LogP contribution in [0.25, 0.3) is 5.65 Å². The van der Waals surface area contributed by atoms with Gasteiger partial charge in [0.25, 0.3) is 17.2 Å². The van der Waals surface area contributed by atoms with Gasteiger partial charge < -0.3 is 20.6 Å². The second kappa shape index (κ2) is 9.94. The summed E-state index contributed by atoms with van der Waals surface area (Å²) in [5, 5.41) is 15.2.